The summed E-state index contributed by atoms with van der Waals surface area (Å²) in [6, 6.07) is 8.47. The van der Waals surface area contributed by atoms with Gasteiger partial charge in [0.05, 0.1) is 0 Å². The van der Waals surface area contributed by atoms with E-state index in [1.807, 2.05) is 0 Å². The Labute approximate surface area is 133 Å². The summed E-state index contributed by atoms with van der Waals surface area (Å²) in [4.78, 5) is 12.3. The minimum Gasteiger partial charge on any atom is -0.451 e. The fraction of sp³-hybridized carbons (Fsp3) is 0.550. The molecule has 1 spiro atoms. The largest absolute Gasteiger partial charge is 0.451 e. The van der Waals surface area contributed by atoms with Gasteiger partial charge in [0.15, 0.2) is 0 Å². The molecule has 0 saturated heterocycles. The van der Waals surface area contributed by atoms with Gasteiger partial charge < -0.3 is 4.74 Å². The molecule has 1 unspecified atom stereocenters. The maximum Gasteiger partial charge on any atom is 0.334 e. The third-order valence-corrected chi connectivity index (χ3v) is 5.87. The van der Waals surface area contributed by atoms with Gasteiger partial charge in [-0.1, -0.05) is 50.1 Å². The second kappa shape index (κ2) is 5.57. The quantitative estimate of drug-likeness (QED) is 0.572. The van der Waals surface area contributed by atoms with Crippen LogP contribution in [0, 0.1) is 5.41 Å². The van der Waals surface area contributed by atoms with Crippen LogP contribution < -0.4 is 0 Å². The van der Waals surface area contributed by atoms with Gasteiger partial charge in [0.25, 0.3) is 0 Å². The molecule has 0 heterocycles. The van der Waals surface area contributed by atoms with Crippen molar-refractivity contribution in [3.05, 3.63) is 47.5 Å². The molecular weight excluding hydrogens is 272 g/mol. The fourth-order valence-electron chi connectivity index (χ4n) is 4.49. The van der Waals surface area contributed by atoms with Crippen LogP contribution in [0.5, 0.6) is 0 Å². The monoisotopic (exact) mass is 298 g/mol. The minimum atomic E-state index is -0.529. The van der Waals surface area contributed by atoms with Gasteiger partial charge in [0, 0.05) is 11.0 Å². The van der Waals surface area contributed by atoms with E-state index in [9.17, 15) is 4.79 Å². The predicted molar refractivity (Wildman–Crippen MR) is 88.5 cm³/mol. The summed E-state index contributed by atoms with van der Waals surface area (Å²) in [7, 11) is 0. The summed E-state index contributed by atoms with van der Waals surface area (Å²) in [5.74, 6) is -0.260. The maximum absolute atomic E-state index is 12.3. The van der Waals surface area contributed by atoms with Crippen molar-refractivity contribution in [2.24, 2.45) is 5.41 Å². The van der Waals surface area contributed by atoms with Crippen molar-refractivity contribution in [3.8, 4) is 0 Å². The molecule has 0 amide bonds. The van der Waals surface area contributed by atoms with E-state index in [4.69, 9.17) is 4.74 Å². The van der Waals surface area contributed by atoms with Crippen LogP contribution in [0.1, 0.15) is 63.5 Å². The van der Waals surface area contributed by atoms with Crippen LogP contribution >= 0.6 is 0 Å². The van der Waals surface area contributed by atoms with Crippen LogP contribution in [0.15, 0.2) is 36.4 Å². The maximum atomic E-state index is 12.3. The standard InChI is InChI=1S/C20H26O2/c1-15(2)18(21)22-19(3)17-10-6-5-9-16(17)11-14-20(19)12-7-4-8-13-20/h5-6,9-10H,1,4,7-8,11-14H2,2-3H3. The van der Waals surface area contributed by atoms with Gasteiger partial charge in [0.2, 0.25) is 0 Å². The minimum absolute atomic E-state index is 0.0880. The van der Waals surface area contributed by atoms with Gasteiger partial charge in [0.1, 0.15) is 5.60 Å². The molecule has 2 aliphatic rings. The molecule has 1 fully saturated rings. The highest BCUT2D eigenvalue weighted by atomic mass is 16.6. The van der Waals surface area contributed by atoms with E-state index in [-0.39, 0.29) is 11.4 Å². The number of aryl methyl sites for hydroxylation is 1. The first kappa shape index (κ1) is 15.3. The molecule has 0 bridgehead atoms. The fourth-order valence-corrected chi connectivity index (χ4v) is 4.49. The van der Waals surface area contributed by atoms with Gasteiger partial charge >= 0.3 is 5.97 Å². The Morgan fingerprint density at radius 2 is 1.82 bits per heavy atom. The summed E-state index contributed by atoms with van der Waals surface area (Å²) < 4.78 is 6.12. The molecule has 2 nitrogen and oxygen atoms in total. The summed E-state index contributed by atoms with van der Waals surface area (Å²) in [5, 5.41) is 0. The van der Waals surface area contributed by atoms with E-state index in [1.54, 1.807) is 6.92 Å². The molecule has 2 aliphatic carbocycles. The predicted octanol–water partition coefficient (Wildman–Crippen LogP) is 4.92. The molecule has 2 heteroatoms. The number of hydrogen-bond donors (Lipinski definition) is 0. The molecule has 118 valence electrons. The van der Waals surface area contributed by atoms with Crippen LogP contribution in [-0.4, -0.2) is 5.97 Å². The van der Waals surface area contributed by atoms with Crippen LogP contribution in [0.3, 0.4) is 0 Å². The summed E-state index contributed by atoms with van der Waals surface area (Å²) in [5.41, 5.74) is 2.58. The van der Waals surface area contributed by atoms with Crippen LogP contribution in [0.25, 0.3) is 0 Å². The number of ether oxygens (including phenoxy) is 1. The summed E-state index contributed by atoms with van der Waals surface area (Å²) >= 11 is 0. The molecule has 1 aromatic carbocycles. The number of rotatable bonds is 2. The number of esters is 1. The first-order valence-electron chi connectivity index (χ1n) is 8.46. The second-order valence-electron chi connectivity index (χ2n) is 7.20. The average Bonchev–Trinajstić information content (AvgIpc) is 2.53. The van der Waals surface area contributed by atoms with E-state index in [0.717, 1.165) is 25.7 Å². The van der Waals surface area contributed by atoms with Gasteiger partial charge in [-0.15, -0.1) is 0 Å². The molecule has 1 aromatic rings. The van der Waals surface area contributed by atoms with E-state index in [2.05, 4.69) is 37.8 Å². The Morgan fingerprint density at radius 3 is 2.50 bits per heavy atom. The molecule has 1 atom stereocenters. The number of fused-ring (bicyclic) bond motifs is 1. The smallest absolute Gasteiger partial charge is 0.334 e. The number of hydrogen-bond acceptors (Lipinski definition) is 2. The van der Waals surface area contributed by atoms with E-state index >= 15 is 0 Å². The van der Waals surface area contributed by atoms with Crippen molar-refractivity contribution in [1.82, 2.24) is 0 Å². The molecule has 3 rings (SSSR count). The Balaban J connectivity index is 2.08. The molecule has 0 radical (unpaired) electrons. The van der Waals surface area contributed by atoms with Crippen molar-refractivity contribution in [3.63, 3.8) is 0 Å². The second-order valence-corrected chi connectivity index (χ2v) is 7.20. The van der Waals surface area contributed by atoms with E-state index < -0.39 is 5.60 Å². The van der Waals surface area contributed by atoms with Crippen molar-refractivity contribution in [2.45, 2.75) is 64.4 Å². The lowest BCUT2D eigenvalue weighted by atomic mass is 9.56. The Kier molecular flexibility index (Phi) is 3.88. The zero-order valence-electron chi connectivity index (χ0n) is 13.8. The highest BCUT2D eigenvalue weighted by Gasteiger charge is 2.54. The van der Waals surface area contributed by atoms with E-state index in [1.165, 1.54) is 30.4 Å². The highest BCUT2D eigenvalue weighted by molar-refractivity contribution is 5.87. The molecule has 0 aliphatic heterocycles. The summed E-state index contributed by atoms with van der Waals surface area (Å²) in [6.07, 6.45) is 8.29. The average molecular weight is 298 g/mol. The lowest BCUT2D eigenvalue weighted by Gasteiger charge is -2.53. The lowest BCUT2D eigenvalue weighted by molar-refractivity contribution is -0.180. The van der Waals surface area contributed by atoms with Crippen molar-refractivity contribution in [2.75, 3.05) is 0 Å². The van der Waals surface area contributed by atoms with Crippen LogP contribution in [0.4, 0.5) is 0 Å². The van der Waals surface area contributed by atoms with Crippen molar-refractivity contribution < 1.29 is 9.53 Å². The van der Waals surface area contributed by atoms with Gasteiger partial charge in [-0.05, 0) is 50.7 Å². The van der Waals surface area contributed by atoms with Crippen LogP contribution in [-0.2, 0) is 21.6 Å². The van der Waals surface area contributed by atoms with Gasteiger partial charge in [-0.25, -0.2) is 4.79 Å². The molecule has 1 saturated carbocycles. The number of carbonyl (C=O) groups excluding carboxylic acids is 1. The van der Waals surface area contributed by atoms with Gasteiger partial charge in [-0.2, -0.15) is 0 Å². The molecule has 22 heavy (non-hydrogen) atoms. The first-order chi connectivity index (χ1) is 10.5. The molecule has 0 aromatic heterocycles. The zero-order chi connectivity index (χ0) is 15.8. The lowest BCUT2D eigenvalue weighted by Crippen LogP contribution is -2.51. The third-order valence-electron chi connectivity index (χ3n) is 5.87. The Bertz CT molecular complexity index is 595. The third kappa shape index (κ3) is 2.29. The van der Waals surface area contributed by atoms with E-state index in [0.29, 0.717) is 5.57 Å². The summed E-state index contributed by atoms with van der Waals surface area (Å²) in [6.45, 7) is 7.63. The highest BCUT2D eigenvalue weighted by Crippen LogP contribution is 2.58. The SMILES string of the molecule is C=C(C)C(=O)OC1(C)c2ccccc2CCC12CCCCC2. The Morgan fingerprint density at radius 1 is 1.14 bits per heavy atom. The normalized spacial score (nSPS) is 26.3. The first-order valence-corrected chi connectivity index (χ1v) is 8.46. The number of benzene rings is 1. The number of carbonyl (C=O) groups is 1. The molecule has 0 N–H and O–H groups in total. The molecular formula is C20H26O2. The van der Waals surface area contributed by atoms with Crippen LogP contribution in [0.2, 0.25) is 0 Å². The zero-order valence-corrected chi connectivity index (χ0v) is 13.8. The topological polar surface area (TPSA) is 26.3 Å². The van der Waals surface area contributed by atoms with Gasteiger partial charge in [-0.3, -0.25) is 0 Å². The van der Waals surface area contributed by atoms with Crippen molar-refractivity contribution in [1.29, 1.82) is 0 Å². The van der Waals surface area contributed by atoms with Crippen molar-refractivity contribution >= 4 is 5.97 Å². The Hall–Kier alpha value is -1.57.